The van der Waals surface area contributed by atoms with Gasteiger partial charge in [-0.1, -0.05) is 25.1 Å². The molecule has 1 aliphatic heterocycles. The van der Waals surface area contributed by atoms with Crippen molar-refractivity contribution in [3.63, 3.8) is 0 Å². The quantitative estimate of drug-likeness (QED) is 0.728. The van der Waals surface area contributed by atoms with Crippen LogP contribution in [0.5, 0.6) is 0 Å². The SMILES string of the molecule is CCC(=O)N1Cc2cn(-c3ccccc3)nc2-c2ccn(C)c2C1. The molecule has 0 atom stereocenters. The number of fused-ring (bicyclic) bond motifs is 3. The minimum absolute atomic E-state index is 0.169. The van der Waals surface area contributed by atoms with Crippen LogP contribution in [0, 0.1) is 0 Å². The fraction of sp³-hybridized carbons (Fsp3) is 0.263. The molecule has 4 rings (SSSR count). The van der Waals surface area contributed by atoms with E-state index in [1.54, 1.807) is 0 Å². The summed E-state index contributed by atoms with van der Waals surface area (Å²) in [6, 6.07) is 12.2. The fourth-order valence-corrected chi connectivity index (χ4v) is 3.28. The number of para-hydroxylation sites is 1. The van der Waals surface area contributed by atoms with Crippen LogP contribution in [0.2, 0.25) is 0 Å². The Hall–Kier alpha value is -2.82. The summed E-state index contributed by atoms with van der Waals surface area (Å²) in [5.74, 6) is 0.169. The number of aryl methyl sites for hydroxylation is 1. The largest absolute Gasteiger partial charge is 0.352 e. The molecule has 2 aromatic heterocycles. The van der Waals surface area contributed by atoms with Gasteiger partial charge in [0.15, 0.2) is 0 Å². The third-order valence-electron chi connectivity index (χ3n) is 4.62. The van der Waals surface area contributed by atoms with Gasteiger partial charge in [0.25, 0.3) is 0 Å². The Bertz CT molecular complexity index is 891. The smallest absolute Gasteiger partial charge is 0.222 e. The molecule has 3 heterocycles. The second kappa shape index (κ2) is 5.67. The summed E-state index contributed by atoms with van der Waals surface area (Å²) in [4.78, 5) is 14.3. The first-order chi connectivity index (χ1) is 11.7. The van der Waals surface area contributed by atoms with Crippen LogP contribution in [0.3, 0.4) is 0 Å². The highest BCUT2D eigenvalue weighted by molar-refractivity contribution is 5.78. The molecule has 5 nitrogen and oxygen atoms in total. The molecule has 3 aromatic rings. The maximum atomic E-state index is 12.3. The van der Waals surface area contributed by atoms with E-state index < -0.39 is 0 Å². The van der Waals surface area contributed by atoms with Crippen LogP contribution in [0.25, 0.3) is 16.9 Å². The summed E-state index contributed by atoms with van der Waals surface area (Å²) < 4.78 is 3.99. The van der Waals surface area contributed by atoms with Crippen molar-refractivity contribution in [2.45, 2.75) is 26.4 Å². The molecule has 1 aromatic carbocycles. The van der Waals surface area contributed by atoms with Gasteiger partial charge >= 0.3 is 0 Å². The molecule has 0 aliphatic carbocycles. The standard InChI is InChI=1S/C19H20N4O/c1-3-18(24)22-11-14-12-23(15-7-5-4-6-8-15)20-19(14)16-9-10-21(2)17(16)13-22/h4-10,12H,3,11,13H2,1-2H3. The van der Waals surface area contributed by atoms with Crippen molar-refractivity contribution in [2.75, 3.05) is 0 Å². The molecule has 0 saturated heterocycles. The normalized spacial score (nSPS) is 13.3. The van der Waals surface area contributed by atoms with Crippen molar-refractivity contribution >= 4 is 5.91 Å². The Balaban J connectivity index is 1.86. The second-order valence-corrected chi connectivity index (χ2v) is 6.17. The van der Waals surface area contributed by atoms with Gasteiger partial charge in [0.1, 0.15) is 0 Å². The molecular weight excluding hydrogens is 300 g/mol. The first kappa shape index (κ1) is 14.8. The molecule has 5 heteroatoms. The molecule has 0 unspecified atom stereocenters. The lowest BCUT2D eigenvalue weighted by Crippen LogP contribution is -2.29. The molecule has 122 valence electrons. The van der Waals surface area contributed by atoms with E-state index in [1.807, 2.05) is 66.3 Å². The zero-order valence-electron chi connectivity index (χ0n) is 13.9. The number of rotatable bonds is 2. The van der Waals surface area contributed by atoms with Gasteiger partial charge in [-0.15, -0.1) is 0 Å². The Morgan fingerprint density at radius 3 is 2.71 bits per heavy atom. The summed E-state index contributed by atoms with van der Waals surface area (Å²) in [6.45, 7) is 3.14. The first-order valence-electron chi connectivity index (χ1n) is 8.23. The van der Waals surface area contributed by atoms with Gasteiger partial charge in [0, 0.05) is 49.2 Å². The van der Waals surface area contributed by atoms with Crippen LogP contribution in [-0.4, -0.2) is 25.2 Å². The van der Waals surface area contributed by atoms with Crippen molar-refractivity contribution in [3.8, 4) is 16.9 Å². The van der Waals surface area contributed by atoms with Crippen LogP contribution in [-0.2, 0) is 24.9 Å². The molecule has 0 saturated carbocycles. The van der Waals surface area contributed by atoms with E-state index >= 15 is 0 Å². The van der Waals surface area contributed by atoms with Crippen molar-refractivity contribution in [1.82, 2.24) is 19.2 Å². The number of nitrogens with zero attached hydrogens (tertiary/aromatic N) is 4. The molecule has 0 N–H and O–H groups in total. The average molecular weight is 320 g/mol. The number of carbonyl (C=O) groups excluding carboxylic acids is 1. The summed E-state index contributed by atoms with van der Waals surface area (Å²) in [6.07, 6.45) is 4.60. The molecular formula is C19H20N4O. The number of hydrogen-bond donors (Lipinski definition) is 0. The Labute approximate surface area is 141 Å². The van der Waals surface area contributed by atoms with Crippen LogP contribution in [0.1, 0.15) is 24.6 Å². The van der Waals surface area contributed by atoms with E-state index in [0.29, 0.717) is 19.5 Å². The minimum atomic E-state index is 0.169. The van der Waals surface area contributed by atoms with E-state index in [4.69, 9.17) is 5.10 Å². The zero-order chi connectivity index (χ0) is 16.7. The van der Waals surface area contributed by atoms with E-state index in [1.165, 1.54) is 0 Å². The van der Waals surface area contributed by atoms with Crippen molar-refractivity contribution in [2.24, 2.45) is 7.05 Å². The van der Waals surface area contributed by atoms with Crippen LogP contribution < -0.4 is 0 Å². The Kier molecular flexibility index (Phi) is 3.49. The lowest BCUT2D eigenvalue weighted by Gasteiger charge is -2.20. The molecule has 0 spiro atoms. The molecule has 0 fully saturated rings. The maximum Gasteiger partial charge on any atom is 0.222 e. The molecule has 1 amide bonds. The number of amides is 1. The van der Waals surface area contributed by atoms with Gasteiger partial charge < -0.3 is 9.47 Å². The predicted molar refractivity (Wildman–Crippen MR) is 92.5 cm³/mol. The summed E-state index contributed by atoms with van der Waals surface area (Å²) >= 11 is 0. The Morgan fingerprint density at radius 1 is 1.17 bits per heavy atom. The fourth-order valence-electron chi connectivity index (χ4n) is 3.28. The van der Waals surface area contributed by atoms with Crippen LogP contribution in [0.15, 0.2) is 48.8 Å². The molecule has 0 radical (unpaired) electrons. The highest BCUT2D eigenvalue weighted by Crippen LogP contribution is 2.33. The van der Waals surface area contributed by atoms with Gasteiger partial charge in [-0.05, 0) is 18.2 Å². The van der Waals surface area contributed by atoms with E-state index in [2.05, 4.69) is 10.6 Å². The monoisotopic (exact) mass is 320 g/mol. The Morgan fingerprint density at radius 2 is 1.96 bits per heavy atom. The van der Waals surface area contributed by atoms with Crippen LogP contribution >= 0.6 is 0 Å². The third kappa shape index (κ3) is 2.33. The summed E-state index contributed by atoms with van der Waals surface area (Å²) in [5, 5.41) is 4.82. The summed E-state index contributed by atoms with van der Waals surface area (Å²) in [5.41, 5.74) is 5.34. The van der Waals surface area contributed by atoms with Gasteiger partial charge in [0.2, 0.25) is 5.91 Å². The first-order valence-corrected chi connectivity index (χ1v) is 8.23. The van der Waals surface area contributed by atoms with Gasteiger partial charge in [0.05, 0.1) is 17.9 Å². The third-order valence-corrected chi connectivity index (χ3v) is 4.62. The lowest BCUT2D eigenvalue weighted by molar-refractivity contribution is -0.132. The average Bonchev–Trinajstić information content (AvgIpc) is 3.15. The highest BCUT2D eigenvalue weighted by Gasteiger charge is 2.26. The van der Waals surface area contributed by atoms with E-state index in [-0.39, 0.29) is 5.91 Å². The zero-order valence-corrected chi connectivity index (χ0v) is 13.9. The second-order valence-electron chi connectivity index (χ2n) is 6.17. The number of carbonyl (C=O) groups is 1. The number of benzene rings is 1. The van der Waals surface area contributed by atoms with Crippen molar-refractivity contribution in [1.29, 1.82) is 0 Å². The minimum Gasteiger partial charge on any atom is -0.352 e. The topological polar surface area (TPSA) is 43.1 Å². The van der Waals surface area contributed by atoms with Gasteiger partial charge in [-0.3, -0.25) is 4.79 Å². The van der Waals surface area contributed by atoms with Crippen molar-refractivity contribution in [3.05, 3.63) is 60.0 Å². The summed E-state index contributed by atoms with van der Waals surface area (Å²) in [7, 11) is 2.02. The maximum absolute atomic E-state index is 12.3. The number of hydrogen-bond acceptors (Lipinski definition) is 2. The molecule has 24 heavy (non-hydrogen) atoms. The predicted octanol–water partition coefficient (Wildman–Crippen LogP) is 3.13. The van der Waals surface area contributed by atoms with Crippen molar-refractivity contribution < 1.29 is 4.79 Å². The van der Waals surface area contributed by atoms with Gasteiger partial charge in [-0.2, -0.15) is 5.10 Å². The lowest BCUT2D eigenvalue weighted by atomic mass is 10.1. The van der Waals surface area contributed by atoms with Crippen LogP contribution in [0.4, 0.5) is 0 Å². The number of aromatic nitrogens is 3. The van der Waals surface area contributed by atoms with E-state index in [0.717, 1.165) is 28.2 Å². The highest BCUT2D eigenvalue weighted by atomic mass is 16.2. The molecule has 1 aliphatic rings. The van der Waals surface area contributed by atoms with Gasteiger partial charge in [-0.25, -0.2) is 4.68 Å². The van der Waals surface area contributed by atoms with E-state index in [9.17, 15) is 4.79 Å². The molecule has 0 bridgehead atoms.